The Labute approximate surface area is 147 Å². The lowest BCUT2D eigenvalue weighted by Gasteiger charge is -2.26. The van der Waals surface area contributed by atoms with Crippen LogP contribution in [-0.4, -0.2) is 29.8 Å². The minimum atomic E-state index is -0.149. The molecule has 0 bridgehead atoms. The van der Waals surface area contributed by atoms with Crippen molar-refractivity contribution >= 4 is 23.4 Å². The third-order valence-electron chi connectivity index (χ3n) is 4.24. The summed E-state index contributed by atoms with van der Waals surface area (Å²) in [5, 5.41) is 0.717. The number of hydrogen-bond donors (Lipinski definition) is 0. The number of ether oxygens (including phenoxy) is 1. The maximum absolute atomic E-state index is 6.22. The molecule has 122 valence electrons. The summed E-state index contributed by atoms with van der Waals surface area (Å²) in [6.07, 6.45) is 3.14. The van der Waals surface area contributed by atoms with Gasteiger partial charge in [0.25, 0.3) is 0 Å². The van der Waals surface area contributed by atoms with Crippen LogP contribution in [-0.2, 0) is 6.54 Å². The van der Waals surface area contributed by atoms with Crippen LogP contribution in [0.4, 0.5) is 0 Å². The second kappa shape index (κ2) is 7.16. The molecule has 23 heavy (non-hydrogen) atoms. The predicted molar refractivity (Wildman–Crippen MR) is 98.6 cm³/mol. The largest absolute Gasteiger partial charge is 0.486 e. The van der Waals surface area contributed by atoms with Crippen molar-refractivity contribution in [2.24, 2.45) is 0 Å². The Bertz CT molecular complexity index is 661. The number of halogens is 1. The molecule has 0 radical (unpaired) electrons. The summed E-state index contributed by atoms with van der Waals surface area (Å²) in [6.45, 7) is 5.15. The van der Waals surface area contributed by atoms with Crippen molar-refractivity contribution in [3.05, 3.63) is 59.1 Å². The average Bonchev–Trinajstić information content (AvgIpc) is 2.88. The van der Waals surface area contributed by atoms with Gasteiger partial charge in [-0.1, -0.05) is 29.8 Å². The summed E-state index contributed by atoms with van der Waals surface area (Å²) in [6, 6.07) is 16.5. The summed E-state index contributed by atoms with van der Waals surface area (Å²) in [4.78, 5) is 3.77. The van der Waals surface area contributed by atoms with E-state index >= 15 is 0 Å². The van der Waals surface area contributed by atoms with Crippen molar-refractivity contribution in [3.63, 3.8) is 0 Å². The summed E-state index contributed by atoms with van der Waals surface area (Å²) in [7, 11) is 0. The first-order chi connectivity index (χ1) is 11.1. The molecular weight excluding hydrogens is 326 g/mol. The molecule has 4 heteroatoms. The molecule has 0 spiro atoms. The second-order valence-electron chi connectivity index (χ2n) is 6.32. The van der Waals surface area contributed by atoms with Gasteiger partial charge in [-0.15, -0.1) is 11.8 Å². The molecular formula is C19H22ClNOS. The highest BCUT2D eigenvalue weighted by atomic mass is 35.5. The number of likely N-dealkylation sites (tertiary alicyclic amines) is 1. The molecule has 0 saturated carbocycles. The third-order valence-corrected chi connectivity index (χ3v) is 5.22. The minimum absolute atomic E-state index is 0.149. The Hall–Kier alpha value is -1.16. The monoisotopic (exact) mass is 347 g/mol. The van der Waals surface area contributed by atoms with Gasteiger partial charge in [0.2, 0.25) is 0 Å². The predicted octanol–water partition coefficient (Wildman–Crippen LogP) is 5.11. The summed E-state index contributed by atoms with van der Waals surface area (Å²) in [5.74, 6) is 0.853. The molecule has 1 aliphatic heterocycles. The molecule has 2 aromatic carbocycles. The molecule has 2 nitrogen and oxygen atoms in total. The zero-order chi connectivity index (χ0) is 16.3. The first-order valence-corrected chi connectivity index (χ1v) is 9.46. The van der Waals surface area contributed by atoms with Gasteiger partial charge in [-0.3, -0.25) is 4.90 Å². The fourth-order valence-corrected chi connectivity index (χ4v) is 3.64. The summed E-state index contributed by atoms with van der Waals surface area (Å²) < 4.78 is 6.22. The molecule has 0 aliphatic carbocycles. The van der Waals surface area contributed by atoms with E-state index in [1.165, 1.54) is 10.5 Å². The molecule has 1 aliphatic rings. The van der Waals surface area contributed by atoms with Gasteiger partial charge in [-0.25, -0.2) is 0 Å². The van der Waals surface area contributed by atoms with Gasteiger partial charge < -0.3 is 4.74 Å². The van der Waals surface area contributed by atoms with E-state index < -0.39 is 0 Å². The lowest BCUT2D eigenvalue weighted by Crippen LogP contribution is -2.35. The molecule has 0 aromatic heterocycles. The Morgan fingerprint density at radius 2 is 2.00 bits per heavy atom. The first kappa shape index (κ1) is 16.7. The second-order valence-corrected chi connectivity index (χ2v) is 7.63. The van der Waals surface area contributed by atoms with Crippen molar-refractivity contribution in [2.75, 3.05) is 19.3 Å². The van der Waals surface area contributed by atoms with Gasteiger partial charge in [0.1, 0.15) is 11.4 Å². The maximum atomic E-state index is 6.22. The maximum Gasteiger partial charge on any atom is 0.121 e. The normalized spacial score (nSPS) is 21.5. The van der Waals surface area contributed by atoms with Crippen LogP contribution in [0.1, 0.15) is 18.9 Å². The topological polar surface area (TPSA) is 12.5 Å². The molecule has 1 saturated heterocycles. The van der Waals surface area contributed by atoms with Crippen LogP contribution in [0, 0.1) is 0 Å². The minimum Gasteiger partial charge on any atom is -0.486 e. The lowest BCUT2D eigenvalue weighted by molar-refractivity contribution is 0.0951. The van der Waals surface area contributed by atoms with Crippen molar-refractivity contribution in [2.45, 2.75) is 30.4 Å². The van der Waals surface area contributed by atoms with E-state index in [2.05, 4.69) is 42.3 Å². The Morgan fingerprint density at radius 3 is 2.70 bits per heavy atom. The van der Waals surface area contributed by atoms with Gasteiger partial charge in [0.15, 0.2) is 0 Å². The van der Waals surface area contributed by atoms with Crippen molar-refractivity contribution in [1.29, 1.82) is 0 Å². The Kier molecular flexibility index (Phi) is 5.20. The molecule has 1 atom stereocenters. The Balaban J connectivity index is 1.60. The number of hydrogen-bond acceptors (Lipinski definition) is 3. The fourth-order valence-electron chi connectivity index (χ4n) is 3.05. The van der Waals surface area contributed by atoms with Crippen LogP contribution in [0.5, 0.6) is 5.75 Å². The standard InChI is InChI=1S/C19H22ClNOS/c1-19(22-17-5-3-4-16(20)12-17)10-11-21(14-19)13-15-6-8-18(23-2)9-7-15/h3-9,12H,10-11,13-14H2,1-2H3. The molecule has 0 N–H and O–H groups in total. The van der Waals surface area contributed by atoms with E-state index in [1.807, 2.05) is 24.3 Å². The molecule has 1 heterocycles. The van der Waals surface area contributed by atoms with Crippen LogP contribution in [0.3, 0.4) is 0 Å². The zero-order valence-electron chi connectivity index (χ0n) is 13.6. The highest BCUT2D eigenvalue weighted by Crippen LogP contribution is 2.30. The smallest absolute Gasteiger partial charge is 0.121 e. The SMILES string of the molecule is CSc1ccc(CN2CCC(C)(Oc3cccc(Cl)c3)C2)cc1. The molecule has 0 amide bonds. The van der Waals surface area contributed by atoms with E-state index in [-0.39, 0.29) is 5.60 Å². The number of thioether (sulfide) groups is 1. The van der Waals surface area contributed by atoms with E-state index in [4.69, 9.17) is 16.3 Å². The van der Waals surface area contributed by atoms with Gasteiger partial charge in [0, 0.05) is 36.0 Å². The number of benzene rings is 2. The van der Waals surface area contributed by atoms with Crippen molar-refractivity contribution in [1.82, 2.24) is 4.90 Å². The quantitative estimate of drug-likeness (QED) is 0.698. The number of rotatable bonds is 5. The number of nitrogens with zero attached hydrogens (tertiary/aromatic N) is 1. The van der Waals surface area contributed by atoms with Crippen LogP contribution in [0.15, 0.2) is 53.4 Å². The summed E-state index contributed by atoms with van der Waals surface area (Å²) in [5.41, 5.74) is 1.21. The summed E-state index contributed by atoms with van der Waals surface area (Å²) >= 11 is 7.82. The van der Waals surface area contributed by atoms with Gasteiger partial charge >= 0.3 is 0 Å². The van der Waals surface area contributed by atoms with E-state index in [1.54, 1.807) is 11.8 Å². The van der Waals surface area contributed by atoms with Gasteiger partial charge in [-0.2, -0.15) is 0 Å². The molecule has 1 unspecified atom stereocenters. The van der Waals surface area contributed by atoms with Crippen molar-refractivity contribution in [3.8, 4) is 5.75 Å². The average molecular weight is 348 g/mol. The van der Waals surface area contributed by atoms with Crippen LogP contribution in [0.2, 0.25) is 5.02 Å². The molecule has 1 fully saturated rings. The van der Waals surface area contributed by atoms with Gasteiger partial charge in [-0.05, 0) is 49.1 Å². The molecule has 2 aromatic rings. The first-order valence-electron chi connectivity index (χ1n) is 7.86. The lowest BCUT2D eigenvalue weighted by atomic mass is 10.1. The van der Waals surface area contributed by atoms with Crippen LogP contribution < -0.4 is 4.74 Å². The van der Waals surface area contributed by atoms with E-state index in [0.717, 1.165) is 36.8 Å². The van der Waals surface area contributed by atoms with Gasteiger partial charge in [0.05, 0.1) is 0 Å². The van der Waals surface area contributed by atoms with E-state index in [9.17, 15) is 0 Å². The van der Waals surface area contributed by atoms with E-state index in [0.29, 0.717) is 0 Å². The third kappa shape index (κ3) is 4.43. The Morgan fingerprint density at radius 1 is 1.22 bits per heavy atom. The highest BCUT2D eigenvalue weighted by Gasteiger charge is 2.35. The molecule has 3 rings (SSSR count). The van der Waals surface area contributed by atoms with Crippen LogP contribution >= 0.6 is 23.4 Å². The van der Waals surface area contributed by atoms with Crippen LogP contribution in [0.25, 0.3) is 0 Å². The fraction of sp³-hybridized carbons (Fsp3) is 0.368. The zero-order valence-corrected chi connectivity index (χ0v) is 15.2. The van der Waals surface area contributed by atoms with Crippen molar-refractivity contribution < 1.29 is 4.74 Å². The highest BCUT2D eigenvalue weighted by molar-refractivity contribution is 7.98.